The Bertz CT molecular complexity index is 1310. The van der Waals surface area contributed by atoms with E-state index in [0.29, 0.717) is 17.6 Å². The van der Waals surface area contributed by atoms with Crippen molar-refractivity contribution >= 4 is 17.9 Å². The van der Waals surface area contributed by atoms with Crippen LogP contribution in [0.5, 0.6) is 5.75 Å². The third-order valence-electron chi connectivity index (χ3n) is 5.63. The van der Waals surface area contributed by atoms with Crippen molar-refractivity contribution in [2.45, 2.75) is 19.6 Å². The van der Waals surface area contributed by atoms with Gasteiger partial charge >= 0.3 is 11.7 Å². The monoisotopic (exact) mass is 498 g/mol. The minimum Gasteiger partial charge on any atom is -0.496 e. The Labute approximate surface area is 205 Å². The summed E-state index contributed by atoms with van der Waals surface area (Å²) in [7, 11) is 1.58. The van der Waals surface area contributed by atoms with Gasteiger partial charge in [0.1, 0.15) is 29.8 Å². The van der Waals surface area contributed by atoms with Gasteiger partial charge in [0, 0.05) is 24.0 Å². The summed E-state index contributed by atoms with van der Waals surface area (Å²) in [6.45, 7) is 3.37. The number of amidine groups is 1. The lowest BCUT2D eigenvalue weighted by Crippen LogP contribution is -2.52. The largest absolute Gasteiger partial charge is 0.496 e. The first-order valence-corrected chi connectivity index (χ1v) is 10.9. The lowest BCUT2D eigenvalue weighted by molar-refractivity contribution is -0.183. The predicted molar refractivity (Wildman–Crippen MR) is 126 cm³/mol. The summed E-state index contributed by atoms with van der Waals surface area (Å²) in [6.07, 6.45) is 6.95. The highest BCUT2D eigenvalue weighted by molar-refractivity contribution is 5.90. The lowest BCUT2D eigenvalue weighted by Gasteiger charge is -2.33. The van der Waals surface area contributed by atoms with Gasteiger partial charge < -0.3 is 28.9 Å². The number of carbonyl (C=O) groups is 1. The van der Waals surface area contributed by atoms with E-state index in [2.05, 4.69) is 10.1 Å². The van der Waals surface area contributed by atoms with E-state index in [1.54, 1.807) is 32.6 Å². The van der Waals surface area contributed by atoms with Gasteiger partial charge in [0.15, 0.2) is 0 Å². The Kier molecular flexibility index (Phi) is 6.91. The molecular weight excluding hydrogens is 474 g/mol. The number of methoxy groups -OCH3 is 1. The molecule has 0 saturated carbocycles. The number of allylic oxidation sites excluding steroid dienone is 1. The fraction of sp³-hybridized carbons (Fsp3) is 0.240. The van der Waals surface area contributed by atoms with E-state index in [1.165, 1.54) is 11.8 Å². The second-order valence-electron chi connectivity index (χ2n) is 7.99. The number of carboxylic acids is 1. The Morgan fingerprint density at radius 1 is 1.22 bits per heavy atom. The molecule has 2 aromatic carbocycles. The third kappa shape index (κ3) is 4.72. The zero-order valence-corrected chi connectivity index (χ0v) is 19.8. The fourth-order valence-electron chi connectivity index (χ4n) is 3.99. The van der Waals surface area contributed by atoms with E-state index < -0.39 is 23.3 Å². The average molecular weight is 498 g/mol. The van der Waals surface area contributed by atoms with Gasteiger partial charge in [-0.15, -0.1) is 0 Å². The Balaban J connectivity index is 1.49. The van der Waals surface area contributed by atoms with Crippen molar-refractivity contribution in [1.29, 1.82) is 0 Å². The quantitative estimate of drug-likeness (QED) is 0.443. The summed E-state index contributed by atoms with van der Waals surface area (Å²) in [5.41, 5.74) is -0.797. The number of aliphatic carboxylic acids is 1. The van der Waals surface area contributed by atoms with Crippen molar-refractivity contribution in [2.75, 3.05) is 20.3 Å². The molecule has 0 radical (unpaired) electrons. The van der Waals surface area contributed by atoms with Crippen LogP contribution in [0.4, 0.5) is 8.78 Å². The zero-order valence-electron chi connectivity index (χ0n) is 19.8. The number of benzene rings is 2. The summed E-state index contributed by atoms with van der Waals surface area (Å²) < 4.78 is 40.9. The van der Waals surface area contributed by atoms with Crippen molar-refractivity contribution in [2.24, 2.45) is 5.16 Å². The van der Waals surface area contributed by atoms with E-state index in [1.807, 2.05) is 29.0 Å². The van der Waals surface area contributed by atoms with Gasteiger partial charge in [0.25, 0.3) is 0 Å². The third-order valence-corrected chi connectivity index (χ3v) is 5.63. The number of aromatic nitrogens is 2. The molecule has 0 amide bonds. The zero-order chi connectivity index (χ0) is 25.9. The summed E-state index contributed by atoms with van der Waals surface area (Å²) in [4.78, 5) is 22.8. The summed E-state index contributed by atoms with van der Waals surface area (Å²) >= 11 is 0. The number of rotatable bonds is 9. The molecule has 3 aromatic rings. The minimum atomic E-state index is -2.22. The Hall–Kier alpha value is -4.41. The first-order chi connectivity index (χ1) is 17.2. The number of carboxylic acid groups (broad SMARTS) is 1. The van der Waals surface area contributed by atoms with E-state index in [9.17, 15) is 18.7 Å². The van der Waals surface area contributed by atoms with Crippen LogP contribution in [0.25, 0.3) is 11.8 Å². The van der Waals surface area contributed by atoms with Crippen LogP contribution >= 0.6 is 0 Å². The van der Waals surface area contributed by atoms with E-state index >= 15 is 0 Å². The van der Waals surface area contributed by atoms with Crippen molar-refractivity contribution in [3.8, 4) is 11.4 Å². The predicted octanol–water partition coefficient (Wildman–Crippen LogP) is 4.14. The van der Waals surface area contributed by atoms with Crippen molar-refractivity contribution in [3.05, 3.63) is 83.6 Å². The number of ether oxygens (including phenoxy) is 2. The van der Waals surface area contributed by atoms with E-state index in [-0.39, 0.29) is 24.6 Å². The molecule has 1 atom stereocenters. The van der Waals surface area contributed by atoms with Crippen LogP contribution in [0, 0.1) is 11.6 Å². The van der Waals surface area contributed by atoms with Crippen molar-refractivity contribution in [1.82, 2.24) is 14.5 Å². The Morgan fingerprint density at radius 2 is 1.97 bits per heavy atom. The van der Waals surface area contributed by atoms with Gasteiger partial charge in [-0.3, -0.25) is 0 Å². The van der Waals surface area contributed by atoms with Crippen LogP contribution in [0.2, 0.25) is 0 Å². The SMILES string of the molecule is COc1cc(/C=C(/C)OCCN2C(C)=NOC2(C(=O)O)c2cc(F)cc(F)c2)ccc1-n1ccnc1. The maximum atomic E-state index is 13.9. The molecule has 1 aliphatic rings. The molecule has 188 valence electrons. The highest BCUT2D eigenvalue weighted by Crippen LogP contribution is 2.36. The average Bonchev–Trinajstić information content (AvgIpc) is 3.47. The topological polar surface area (TPSA) is 98.4 Å². The molecule has 9 nitrogen and oxygen atoms in total. The molecule has 1 unspecified atom stereocenters. The van der Waals surface area contributed by atoms with Crippen molar-refractivity contribution < 1.29 is 33.0 Å². The minimum absolute atomic E-state index is 0.0217. The molecule has 1 aromatic heterocycles. The smallest absolute Gasteiger partial charge is 0.377 e. The highest BCUT2D eigenvalue weighted by Gasteiger charge is 2.54. The molecule has 11 heteroatoms. The van der Waals surface area contributed by atoms with Crippen LogP contribution in [0.3, 0.4) is 0 Å². The Morgan fingerprint density at radius 3 is 2.61 bits per heavy atom. The molecule has 0 bridgehead atoms. The molecule has 1 N–H and O–H groups in total. The maximum Gasteiger partial charge on any atom is 0.377 e. The number of imidazole rings is 1. The maximum absolute atomic E-state index is 13.9. The van der Waals surface area contributed by atoms with Crippen LogP contribution < -0.4 is 4.74 Å². The van der Waals surface area contributed by atoms with Crippen LogP contribution in [0.1, 0.15) is 25.0 Å². The van der Waals surface area contributed by atoms with Gasteiger partial charge in [-0.1, -0.05) is 11.2 Å². The van der Waals surface area contributed by atoms with Crippen LogP contribution in [0.15, 0.2) is 66.0 Å². The summed E-state index contributed by atoms with van der Waals surface area (Å²) in [5, 5.41) is 13.7. The molecule has 1 aliphatic heterocycles. The van der Waals surface area contributed by atoms with Gasteiger partial charge in [-0.25, -0.2) is 18.6 Å². The molecular formula is C25H24F2N4O5. The summed E-state index contributed by atoms with van der Waals surface area (Å²) in [5.74, 6) is -1.90. The molecule has 0 fully saturated rings. The summed E-state index contributed by atoms with van der Waals surface area (Å²) in [6, 6.07) is 8.10. The van der Waals surface area contributed by atoms with Crippen LogP contribution in [-0.2, 0) is 20.1 Å². The molecule has 0 aliphatic carbocycles. The first-order valence-electron chi connectivity index (χ1n) is 10.9. The van der Waals surface area contributed by atoms with Gasteiger partial charge in [0.05, 0.1) is 31.4 Å². The number of nitrogens with zero attached hydrogens (tertiary/aromatic N) is 4. The van der Waals surface area contributed by atoms with E-state index in [0.717, 1.165) is 23.4 Å². The number of hydrogen-bond acceptors (Lipinski definition) is 7. The highest BCUT2D eigenvalue weighted by atomic mass is 19.1. The second kappa shape index (κ2) is 10.1. The lowest BCUT2D eigenvalue weighted by atomic mass is 10.0. The first kappa shape index (κ1) is 24.7. The number of halogens is 2. The van der Waals surface area contributed by atoms with Gasteiger partial charge in [0.2, 0.25) is 0 Å². The van der Waals surface area contributed by atoms with Gasteiger partial charge in [-0.2, -0.15) is 0 Å². The van der Waals surface area contributed by atoms with Crippen molar-refractivity contribution in [3.63, 3.8) is 0 Å². The van der Waals surface area contributed by atoms with Crippen LogP contribution in [-0.4, -0.2) is 51.6 Å². The van der Waals surface area contributed by atoms with Gasteiger partial charge in [-0.05, 0) is 49.8 Å². The number of oxime groups is 1. The normalized spacial score (nSPS) is 17.5. The standard InChI is InChI=1S/C25H24F2N4O5/c1-16(10-18-4-5-22(23(11-18)34-3)30-7-6-28-15-30)35-9-8-31-17(2)29-36-25(31,24(32)33)19-12-20(26)14-21(27)13-19/h4-7,10-15H,8-9H2,1-3H3,(H,32,33)/b16-10-. The fourth-order valence-corrected chi connectivity index (χ4v) is 3.99. The van der Waals surface area contributed by atoms with E-state index in [4.69, 9.17) is 14.3 Å². The second-order valence-corrected chi connectivity index (χ2v) is 7.99. The molecule has 0 saturated heterocycles. The number of hydrogen-bond donors (Lipinski definition) is 1. The molecule has 0 spiro atoms. The molecule has 2 heterocycles. The molecule has 36 heavy (non-hydrogen) atoms. The molecule has 4 rings (SSSR count).